The highest BCUT2D eigenvalue weighted by atomic mass is 15.4. The van der Waals surface area contributed by atoms with Crippen molar-refractivity contribution >= 4 is 10.8 Å². The Morgan fingerprint density at radius 2 is 1.57 bits per heavy atom. The molecule has 0 N–H and O–H groups in total. The van der Waals surface area contributed by atoms with Crippen LogP contribution in [0.5, 0.6) is 0 Å². The van der Waals surface area contributed by atoms with Gasteiger partial charge in [-0.2, -0.15) is 0 Å². The Bertz CT molecular complexity index is 647. The summed E-state index contributed by atoms with van der Waals surface area (Å²) in [5.41, 5.74) is 3.10. The van der Waals surface area contributed by atoms with Crippen LogP contribution < -0.4 is 0 Å². The van der Waals surface area contributed by atoms with E-state index in [0.29, 0.717) is 0 Å². The minimum atomic E-state index is 1.13. The number of hydrogen-bond acceptors (Lipinski definition) is 0. The zero-order chi connectivity index (χ0) is 16.5. The van der Waals surface area contributed by atoms with E-state index in [1.165, 1.54) is 60.9 Å². The van der Waals surface area contributed by atoms with Gasteiger partial charge in [0.1, 0.15) is 13.1 Å². The molecule has 2 aromatic carbocycles. The molecule has 0 amide bonds. The van der Waals surface area contributed by atoms with E-state index < -0.39 is 0 Å². The van der Waals surface area contributed by atoms with Crippen LogP contribution in [0.1, 0.15) is 31.4 Å². The van der Waals surface area contributed by atoms with Gasteiger partial charge in [0.05, 0.1) is 40.3 Å². The third-order valence-corrected chi connectivity index (χ3v) is 6.01. The summed E-state index contributed by atoms with van der Waals surface area (Å²) in [6, 6.07) is 13.7. The van der Waals surface area contributed by atoms with Crippen LogP contribution in [0.15, 0.2) is 36.4 Å². The molecule has 2 nitrogen and oxygen atoms in total. The van der Waals surface area contributed by atoms with Crippen molar-refractivity contribution in [1.29, 1.82) is 0 Å². The monoisotopic (exact) mass is 312 g/mol. The van der Waals surface area contributed by atoms with E-state index in [1.54, 1.807) is 11.1 Å². The molecule has 0 atom stereocenters. The largest absolute Gasteiger partial charge is 0.329 e. The second-order valence-electron chi connectivity index (χ2n) is 7.96. The number of benzene rings is 2. The van der Waals surface area contributed by atoms with Crippen molar-refractivity contribution in [3.63, 3.8) is 0 Å². The van der Waals surface area contributed by atoms with E-state index in [4.69, 9.17) is 0 Å². The lowest BCUT2D eigenvalue weighted by molar-refractivity contribution is -0.957. The van der Waals surface area contributed by atoms with Gasteiger partial charge in [-0.25, -0.2) is 0 Å². The predicted octanol–water partition coefficient (Wildman–Crippen LogP) is 4.18. The van der Waals surface area contributed by atoms with Gasteiger partial charge in [-0.3, -0.25) is 0 Å². The zero-order valence-corrected chi connectivity index (χ0v) is 15.3. The first-order valence-corrected chi connectivity index (χ1v) is 9.15. The van der Waals surface area contributed by atoms with Crippen molar-refractivity contribution in [2.45, 2.75) is 33.4 Å². The molecule has 0 saturated carbocycles. The minimum Gasteiger partial charge on any atom is -0.329 e. The fourth-order valence-electron chi connectivity index (χ4n) is 4.08. The average Bonchev–Trinajstić information content (AvgIpc) is 2.55. The normalized spacial score (nSPS) is 16.7. The summed E-state index contributed by atoms with van der Waals surface area (Å²) >= 11 is 0. The molecule has 0 unspecified atom stereocenters. The van der Waals surface area contributed by atoms with Gasteiger partial charge < -0.3 is 8.97 Å². The lowest BCUT2D eigenvalue weighted by atomic mass is 9.93. The molecule has 0 aliphatic carbocycles. The Labute approximate surface area is 141 Å². The standard InChI is InChI=1S/C21H32N2/c1-5-22(3,4)14-9-15-23(6-2)16-19-12-7-10-18-11-8-13-20(17-23)21(18)19/h7-8,10-13H,5-6,9,14-17H2,1-4H3/q+2. The maximum atomic E-state index is 2.37. The van der Waals surface area contributed by atoms with Gasteiger partial charge in [-0.1, -0.05) is 36.4 Å². The second kappa shape index (κ2) is 6.26. The fraction of sp³-hybridized carbons (Fsp3) is 0.524. The minimum absolute atomic E-state index is 1.13. The summed E-state index contributed by atoms with van der Waals surface area (Å²) in [5, 5.41) is 2.94. The van der Waals surface area contributed by atoms with E-state index in [-0.39, 0.29) is 0 Å². The molecule has 0 fully saturated rings. The van der Waals surface area contributed by atoms with Gasteiger partial charge in [0.25, 0.3) is 0 Å². The lowest BCUT2D eigenvalue weighted by Gasteiger charge is -2.42. The van der Waals surface area contributed by atoms with Crippen LogP contribution in [0.4, 0.5) is 0 Å². The van der Waals surface area contributed by atoms with Crippen LogP contribution in [-0.2, 0) is 13.1 Å². The van der Waals surface area contributed by atoms with Crippen LogP contribution in [0.3, 0.4) is 0 Å². The maximum Gasteiger partial charge on any atom is 0.105 e. The van der Waals surface area contributed by atoms with E-state index in [2.05, 4.69) is 64.3 Å². The van der Waals surface area contributed by atoms with Crippen LogP contribution in [-0.4, -0.2) is 49.2 Å². The summed E-state index contributed by atoms with van der Waals surface area (Å²) in [4.78, 5) is 0. The quantitative estimate of drug-likeness (QED) is 0.702. The maximum absolute atomic E-state index is 2.37. The molecule has 2 aromatic rings. The predicted molar refractivity (Wildman–Crippen MR) is 99.2 cm³/mol. The molecule has 1 aliphatic heterocycles. The number of quaternary nitrogens is 2. The molecular formula is C21H32N2+2. The lowest BCUT2D eigenvalue weighted by Crippen LogP contribution is -2.50. The van der Waals surface area contributed by atoms with Crippen molar-refractivity contribution in [2.75, 3.05) is 40.3 Å². The highest BCUT2D eigenvalue weighted by molar-refractivity contribution is 5.89. The number of rotatable bonds is 6. The average molecular weight is 313 g/mol. The zero-order valence-electron chi connectivity index (χ0n) is 15.3. The van der Waals surface area contributed by atoms with Gasteiger partial charge >= 0.3 is 0 Å². The van der Waals surface area contributed by atoms with Crippen molar-refractivity contribution in [1.82, 2.24) is 0 Å². The summed E-state index contributed by atoms with van der Waals surface area (Å²) in [7, 11) is 4.70. The first-order chi connectivity index (χ1) is 11.0. The van der Waals surface area contributed by atoms with Gasteiger partial charge in [-0.15, -0.1) is 0 Å². The van der Waals surface area contributed by atoms with Crippen molar-refractivity contribution in [3.05, 3.63) is 47.5 Å². The second-order valence-corrected chi connectivity index (χ2v) is 7.96. The summed E-state index contributed by atoms with van der Waals surface area (Å²) < 4.78 is 2.36. The van der Waals surface area contributed by atoms with Crippen molar-refractivity contribution < 1.29 is 8.97 Å². The molecule has 0 spiro atoms. The molecule has 0 bridgehead atoms. The van der Waals surface area contributed by atoms with E-state index >= 15 is 0 Å². The van der Waals surface area contributed by atoms with Crippen molar-refractivity contribution in [3.8, 4) is 0 Å². The molecule has 0 radical (unpaired) electrons. The van der Waals surface area contributed by atoms with Gasteiger partial charge in [0.15, 0.2) is 0 Å². The van der Waals surface area contributed by atoms with Crippen LogP contribution in [0, 0.1) is 0 Å². The topological polar surface area (TPSA) is 0 Å². The SMILES string of the molecule is CC[N+](C)(C)CCC[N+]1(CC)Cc2cccc3cccc(c23)C1. The first kappa shape index (κ1) is 16.5. The van der Waals surface area contributed by atoms with E-state index in [0.717, 1.165) is 4.48 Å². The molecule has 0 saturated heterocycles. The molecule has 1 heterocycles. The van der Waals surface area contributed by atoms with E-state index in [1.807, 2.05) is 0 Å². The Balaban J connectivity index is 1.83. The van der Waals surface area contributed by atoms with Gasteiger partial charge in [-0.05, 0) is 24.6 Å². The Hall–Kier alpha value is -1.38. The Kier molecular flexibility index (Phi) is 4.48. The highest BCUT2D eigenvalue weighted by Crippen LogP contribution is 2.34. The van der Waals surface area contributed by atoms with Crippen LogP contribution in [0.2, 0.25) is 0 Å². The van der Waals surface area contributed by atoms with Crippen LogP contribution >= 0.6 is 0 Å². The molecule has 3 rings (SSSR count). The highest BCUT2D eigenvalue weighted by Gasteiger charge is 2.32. The molecule has 0 aromatic heterocycles. The third-order valence-electron chi connectivity index (χ3n) is 6.01. The molecule has 124 valence electrons. The summed E-state index contributed by atoms with van der Waals surface area (Å²) in [6.45, 7) is 12.1. The first-order valence-electron chi connectivity index (χ1n) is 9.15. The molecule has 2 heteroatoms. The Morgan fingerprint density at radius 1 is 0.957 bits per heavy atom. The number of hydrogen-bond donors (Lipinski definition) is 0. The third kappa shape index (κ3) is 3.29. The van der Waals surface area contributed by atoms with Crippen molar-refractivity contribution in [2.24, 2.45) is 0 Å². The van der Waals surface area contributed by atoms with Gasteiger partial charge in [0.2, 0.25) is 0 Å². The fourth-order valence-corrected chi connectivity index (χ4v) is 4.08. The molecular weight excluding hydrogens is 280 g/mol. The van der Waals surface area contributed by atoms with Gasteiger partial charge in [0, 0.05) is 17.5 Å². The smallest absolute Gasteiger partial charge is 0.105 e. The summed E-state index contributed by atoms with van der Waals surface area (Å²) in [5.74, 6) is 0. The summed E-state index contributed by atoms with van der Waals surface area (Å²) in [6.07, 6.45) is 1.31. The molecule has 23 heavy (non-hydrogen) atoms. The molecule has 1 aliphatic rings. The Morgan fingerprint density at radius 3 is 2.09 bits per heavy atom. The number of nitrogens with zero attached hydrogens (tertiary/aromatic N) is 2. The van der Waals surface area contributed by atoms with Crippen LogP contribution in [0.25, 0.3) is 10.8 Å². The van der Waals surface area contributed by atoms with E-state index in [9.17, 15) is 0 Å².